The molecule has 118 valence electrons. The molecule has 0 radical (unpaired) electrons. The van der Waals surface area contributed by atoms with E-state index in [1.165, 1.54) is 22.9 Å². The van der Waals surface area contributed by atoms with E-state index in [-0.39, 0.29) is 5.82 Å². The van der Waals surface area contributed by atoms with Crippen molar-refractivity contribution in [1.82, 2.24) is 15.2 Å². The number of likely N-dealkylation sites (N-methyl/N-ethyl adjacent to an activating group) is 1. The van der Waals surface area contributed by atoms with Gasteiger partial charge in [0, 0.05) is 43.2 Å². The number of aromatic nitrogens is 1. The van der Waals surface area contributed by atoms with Crippen molar-refractivity contribution in [2.45, 2.75) is 45.8 Å². The smallest absolute Gasteiger partial charge is 0.123 e. The zero-order valence-corrected chi connectivity index (χ0v) is 13.6. The van der Waals surface area contributed by atoms with Crippen LogP contribution in [0.15, 0.2) is 18.2 Å². The molecule has 0 fully saturated rings. The van der Waals surface area contributed by atoms with Gasteiger partial charge in [-0.2, -0.15) is 0 Å². The van der Waals surface area contributed by atoms with Gasteiger partial charge in [0.1, 0.15) is 5.82 Å². The number of halogens is 1. The topological polar surface area (TPSA) is 28.2 Å². The number of hydrogen-bond donors (Lipinski definition) is 1. The highest BCUT2D eigenvalue weighted by atomic mass is 19.1. The lowest BCUT2D eigenvalue weighted by Crippen LogP contribution is -2.31. The molecule has 22 heavy (non-hydrogen) atoms. The average Bonchev–Trinajstić information content (AvgIpc) is 2.51. The van der Waals surface area contributed by atoms with Gasteiger partial charge in [-0.1, -0.05) is 6.92 Å². The first-order valence-corrected chi connectivity index (χ1v) is 8.10. The first kappa shape index (κ1) is 15.4. The molecule has 2 aromatic rings. The maximum atomic E-state index is 13.7. The number of nitrogens with one attached hydrogen (secondary N) is 1. The highest BCUT2D eigenvalue weighted by Gasteiger charge is 2.21. The van der Waals surface area contributed by atoms with Crippen molar-refractivity contribution in [2.24, 2.45) is 0 Å². The standard InChI is InChI=1S/C18H24FN3/c1-4-12(2)20-10-15-14-9-13(19)5-6-17(14)21-18-7-8-22(3)11-16(15)18/h5-6,9,12,20H,4,7-8,10-11H2,1-3H3. The van der Waals surface area contributed by atoms with Crippen LogP contribution >= 0.6 is 0 Å². The summed E-state index contributed by atoms with van der Waals surface area (Å²) in [4.78, 5) is 7.09. The van der Waals surface area contributed by atoms with Gasteiger partial charge < -0.3 is 10.2 Å². The van der Waals surface area contributed by atoms with Crippen LogP contribution in [0.4, 0.5) is 4.39 Å². The van der Waals surface area contributed by atoms with E-state index in [0.717, 1.165) is 43.4 Å². The third-order valence-corrected chi connectivity index (χ3v) is 4.65. The van der Waals surface area contributed by atoms with Gasteiger partial charge in [0.25, 0.3) is 0 Å². The Morgan fingerprint density at radius 2 is 2.23 bits per heavy atom. The van der Waals surface area contributed by atoms with Crippen LogP contribution in [0.2, 0.25) is 0 Å². The molecule has 1 aromatic heterocycles. The highest BCUT2D eigenvalue weighted by molar-refractivity contribution is 5.84. The van der Waals surface area contributed by atoms with E-state index < -0.39 is 0 Å². The lowest BCUT2D eigenvalue weighted by atomic mass is 9.95. The predicted octanol–water partition coefficient (Wildman–Crippen LogP) is 3.25. The molecule has 0 spiro atoms. The zero-order chi connectivity index (χ0) is 15.7. The second-order valence-corrected chi connectivity index (χ2v) is 6.36. The lowest BCUT2D eigenvalue weighted by molar-refractivity contribution is 0.308. The molecule has 0 aliphatic carbocycles. The number of pyridine rings is 1. The Morgan fingerprint density at radius 1 is 1.41 bits per heavy atom. The van der Waals surface area contributed by atoms with Crippen LogP contribution in [0.1, 0.15) is 37.1 Å². The summed E-state index contributed by atoms with van der Waals surface area (Å²) in [5.74, 6) is -0.191. The zero-order valence-electron chi connectivity index (χ0n) is 13.6. The average molecular weight is 301 g/mol. The van der Waals surface area contributed by atoms with E-state index >= 15 is 0 Å². The molecule has 1 aliphatic rings. The molecule has 0 saturated carbocycles. The number of benzene rings is 1. The van der Waals surface area contributed by atoms with Crippen molar-refractivity contribution >= 4 is 10.9 Å². The number of rotatable bonds is 4. The fourth-order valence-electron chi connectivity index (χ4n) is 3.06. The number of hydrogen-bond acceptors (Lipinski definition) is 3. The maximum absolute atomic E-state index is 13.7. The molecule has 1 N–H and O–H groups in total. The summed E-state index contributed by atoms with van der Waals surface area (Å²) in [6, 6.07) is 5.39. The largest absolute Gasteiger partial charge is 0.310 e. The van der Waals surface area contributed by atoms with Crippen molar-refractivity contribution in [3.63, 3.8) is 0 Å². The van der Waals surface area contributed by atoms with Crippen LogP contribution in [0.5, 0.6) is 0 Å². The van der Waals surface area contributed by atoms with Gasteiger partial charge in [-0.25, -0.2) is 4.39 Å². The minimum absolute atomic E-state index is 0.191. The second kappa shape index (κ2) is 6.31. The Hall–Kier alpha value is -1.52. The molecule has 0 bridgehead atoms. The van der Waals surface area contributed by atoms with E-state index in [2.05, 4.69) is 31.1 Å². The van der Waals surface area contributed by atoms with Gasteiger partial charge in [0.05, 0.1) is 5.52 Å². The number of nitrogens with zero attached hydrogens (tertiary/aromatic N) is 2. The third kappa shape index (κ3) is 2.99. The lowest BCUT2D eigenvalue weighted by Gasteiger charge is -2.28. The number of fused-ring (bicyclic) bond motifs is 2. The van der Waals surface area contributed by atoms with Crippen molar-refractivity contribution < 1.29 is 4.39 Å². The molecule has 4 heteroatoms. The summed E-state index contributed by atoms with van der Waals surface area (Å²) in [7, 11) is 2.13. The van der Waals surface area contributed by atoms with Crippen LogP contribution in [0, 0.1) is 5.82 Å². The Bertz CT molecular complexity index is 684. The predicted molar refractivity (Wildman–Crippen MR) is 88.3 cm³/mol. The Kier molecular flexibility index (Phi) is 4.41. The summed E-state index contributed by atoms with van der Waals surface area (Å²) in [5, 5.41) is 4.51. The molecular formula is C18H24FN3. The van der Waals surface area contributed by atoms with Gasteiger partial charge in [-0.05, 0) is 49.7 Å². The fourth-order valence-corrected chi connectivity index (χ4v) is 3.06. The van der Waals surface area contributed by atoms with Crippen LogP contribution in [0.25, 0.3) is 10.9 Å². The molecule has 3 nitrogen and oxygen atoms in total. The minimum Gasteiger partial charge on any atom is -0.310 e. The van der Waals surface area contributed by atoms with E-state index in [0.29, 0.717) is 6.04 Å². The van der Waals surface area contributed by atoms with Crippen molar-refractivity contribution in [3.8, 4) is 0 Å². The maximum Gasteiger partial charge on any atom is 0.123 e. The highest BCUT2D eigenvalue weighted by Crippen LogP contribution is 2.28. The summed E-state index contributed by atoms with van der Waals surface area (Å²) in [6.45, 7) is 7.05. The molecular weight excluding hydrogens is 277 g/mol. The molecule has 1 unspecified atom stereocenters. The summed E-state index contributed by atoms with van der Waals surface area (Å²) < 4.78 is 13.7. The minimum atomic E-state index is -0.191. The van der Waals surface area contributed by atoms with E-state index in [9.17, 15) is 4.39 Å². The summed E-state index contributed by atoms with van der Waals surface area (Å²) in [5.41, 5.74) is 4.58. The Balaban J connectivity index is 2.10. The van der Waals surface area contributed by atoms with Crippen molar-refractivity contribution in [3.05, 3.63) is 40.8 Å². The normalized spacial score (nSPS) is 16.7. The molecule has 3 rings (SSSR count). The quantitative estimate of drug-likeness (QED) is 0.939. The van der Waals surface area contributed by atoms with Crippen molar-refractivity contribution in [2.75, 3.05) is 13.6 Å². The molecule has 1 atom stereocenters. The molecule has 0 saturated heterocycles. The SMILES string of the molecule is CCC(C)NCc1c2c(nc3ccc(F)cc13)CCN(C)C2. The molecule has 1 aromatic carbocycles. The van der Waals surface area contributed by atoms with E-state index in [1.807, 2.05) is 0 Å². The van der Waals surface area contributed by atoms with Crippen LogP contribution in [-0.2, 0) is 19.5 Å². The molecule has 1 aliphatic heterocycles. The summed E-state index contributed by atoms with van der Waals surface area (Å²) >= 11 is 0. The summed E-state index contributed by atoms with van der Waals surface area (Å²) in [6.07, 6.45) is 2.05. The molecule has 2 heterocycles. The fraction of sp³-hybridized carbons (Fsp3) is 0.500. The molecule has 0 amide bonds. The van der Waals surface area contributed by atoms with Crippen LogP contribution in [-0.4, -0.2) is 29.5 Å². The van der Waals surface area contributed by atoms with E-state index in [4.69, 9.17) is 4.98 Å². The monoisotopic (exact) mass is 301 g/mol. The van der Waals surface area contributed by atoms with Crippen molar-refractivity contribution in [1.29, 1.82) is 0 Å². The second-order valence-electron chi connectivity index (χ2n) is 6.36. The third-order valence-electron chi connectivity index (χ3n) is 4.65. The van der Waals surface area contributed by atoms with Gasteiger partial charge in [0.15, 0.2) is 0 Å². The van der Waals surface area contributed by atoms with E-state index in [1.54, 1.807) is 12.1 Å². The van der Waals surface area contributed by atoms with Gasteiger partial charge in [-0.3, -0.25) is 4.98 Å². The Labute approximate surface area is 131 Å². The van der Waals surface area contributed by atoms with Gasteiger partial charge in [0.2, 0.25) is 0 Å². The van der Waals surface area contributed by atoms with Gasteiger partial charge >= 0.3 is 0 Å². The van der Waals surface area contributed by atoms with Crippen LogP contribution < -0.4 is 5.32 Å². The Morgan fingerprint density at radius 3 is 3.00 bits per heavy atom. The van der Waals surface area contributed by atoms with Gasteiger partial charge in [-0.15, -0.1) is 0 Å². The first-order chi connectivity index (χ1) is 10.6. The van der Waals surface area contributed by atoms with Crippen LogP contribution in [0.3, 0.4) is 0 Å². The first-order valence-electron chi connectivity index (χ1n) is 8.10.